The fourth-order valence-corrected chi connectivity index (χ4v) is 2.29. The number of rotatable bonds is 4. The quantitative estimate of drug-likeness (QED) is 0.882. The molecule has 2 aromatic rings. The van der Waals surface area contributed by atoms with Crippen LogP contribution in [-0.4, -0.2) is 13.0 Å². The molecule has 5 heteroatoms. The Labute approximate surface area is 129 Å². The van der Waals surface area contributed by atoms with Crippen LogP contribution >= 0.6 is 11.6 Å². The summed E-state index contributed by atoms with van der Waals surface area (Å²) < 4.78 is 7.14. The number of aryl methyl sites for hydroxylation is 1. The zero-order valence-electron chi connectivity index (χ0n) is 12.3. The van der Waals surface area contributed by atoms with E-state index in [1.807, 2.05) is 42.8 Å². The van der Waals surface area contributed by atoms with E-state index in [1.165, 1.54) is 0 Å². The van der Waals surface area contributed by atoms with E-state index in [0.29, 0.717) is 16.5 Å². The number of aromatic nitrogens is 1. The zero-order valence-corrected chi connectivity index (χ0v) is 13.0. The molecule has 0 spiro atoms. The smallest absolute Gasteiger partial charge is 0.293 e. The maximum absolute atomic E-state index is 12.4. The highest BCUT2D eigenvalue weighted by atomic mass is 35.5. The van der Waals surface area contributed by atoms with E-state index in [4.69, 9.17) is 16.3 Å². The van der Waals surface area contributed by atoms with Crippen molar-refractivity contribution < 1.29 is 14.1 Å². The standard InChI is InChI=1S/C16H17ClN2O2/c1-11-6-4-5-9-19(11)12(2)16(20)18-14-10-13(17)7-8-15(14)21-3/h4-10,12H,1-3H3/p+1/t12-/m1/s1. The molecule has 0 radical (unpaired) electrons. The van der Waals surface area contributed by atoms with Crippen molar-refractivity contribution in [1.29, 1.82) is 0 Å². The van der Waals surface area contributed by atoms with Crippen molar-refractivity contribution in [3.8, 4) is 5.75 Å². The molecule has 1 aromatic heterocycles. The maximum Gasteiger partial charge on any atom is 0.293 e. The molecule has 0 aliphatic carbocycles. The van der Waals surface area contributed by atoms with Crippen LogP contribution in [0.3, 0.4) is 0 Å². The molecule has 1 amide bonds. The number of halogens is 1. The lowest BCUT2D eigenvalue weighted by Crippen LogP contribution is -2.46. The number of carbonyl (C=O) groups is 1. The van der Waals surface area contributed by atoms with Gasteiger partial charge in [0.25, 0.3) is 5.91 Å². The van der Waals surface area contributed by atoms with E-state index in [2.05, 4.69) is 5.32 Å². The van der Waals surface area contributed by atoms with Crippen molar-refractivity contribution >= 4 is 23.2 Å². The Hall–Kier alpha value is -2.07. The van der Waals surface area contributed by atoms with Gasteiger partial charge in [-0.15, -0.1) is 0 Å². The first-order valence-electron chi connectivity index (χ1n) is 6.64. The monoisotopic (exact) mass is 305 g/mol. The summed E-state index contributed by atoms with van der Waals surface area (Å²) in [5, 5.41) is 3.40. The fourth-order valence-electron chi connectivity index (χ4n) is 2.12. The second-order valence-corrected chi connectivity index (χ2v) is 5.20. The molecule has 0 aliphatic heterocycles. The minimum absolute atomic E-state index is 0.130. The highest BCUT2D eigenvalue weighted by Gasteiger charge is 2.24. The van der Waals surface area contributed by atoms with Crippen molar-refractivity contribution in [1.82, 2.24) is 0 Å². The van der Waals surface area contributed by atoms with Gasteiger partial charge in [0.2, 0.25) is 6.04 Å². The van der Waals surface area contributed by atoms with Gasteiger partial charge in [-0.1, -0.05) is 17.7 Å². The number of hydrogen-bond acceptors (Lipinski definition) is 2. The molecular weight excluding hydrogens is 288 g/mol. The minimum atomic E-state index is -0.338. The van der Waals surface area contributed by atoms with Crippen LogP contribution in [0, 0.1) is 6.92 Å². The molecule has 21 heavy (non-hydrogen) atoms. The molecular formula is C16H18ClN2O2+. The maximum atomic E-state index is 12.4. The number of anilines is 1. The predicted molar refractivity (Wildman–Crippen MR) is 82.7 cm³/mol. The van der Waals surface area contributed by atoms with Gasteiger partial charge in [-0.05, 0) is 18.2 Å². The molecule has 2 rings (SSSR count). The number of amides is 1. The highest BCUT2D eigenvalue weighted by Crippen LogP contribution is 2.28. The molecule has 0 bridgehead atoms. The van der Waals surface area contributed by atoms with Gasteiger partial charge in [0.15, 0.2) is 11.9 Å². The molecule has 0 saturated heterocycles. The summed E-state index contributed by atoms with van der Waals surface area (Å²) in [5.74, 6) is 0.449. The Morgan fingerprint density at radius 1 is 1.33 bits per heavy atom. The Morgan fingerprint density at radius 2 is 2.10 bits per heavy atom. The first-order chi connectivity index (χ1) is 10.0. The number of nitrogens with zero attached hydrogens (tertiary/aromatic N) is 1. The first kappa shape index (κ1) is 15.3. The molecule has 4 nitrogen and oxygen atoms in total. The summed E-state index contributed by atoms with van der Waals surface area (Å²) in [5.41, 5.74) is 1.58. The predicted octanol–water partition coefficient (Wildman–Crippen LogP) is 3.14. The molecule has 1 atom stereocenters. The van der Waals surface area contributed by atoms with Crippen molar-refractivity contribution in [2.24, 2.45) is 0 Å². The summed E-state index contributed by atoms with van der Waals surface area (Å²) >= 11 is 5.97. The van der Waals surface area contributed by atoms with E-state index in [-0.39, 0.29) is 11.9 Å². The first-order valence-corrected chi connectivity index (χ1v) is 7.02. The van der Waals surface area contributed by atoms with Gasteiger partial charge in [0.1, 0.15) is 5.75 Å². The van der Waals surface area contributed by atoms with Crippen molar-refractivity contribution in [2.75, 3.05) is 12.4 Å². The van der Waals surface area contributed by atoms with Crippen molar-refractivity contribution in [2.45, 2.75) is 19.9 Å². The SMILES string of the molecule is COc1ccc(Cl)cc1NC(=O)[C@@H](C)[n+]1ccccc1C. The van der Waals surface area contributed by atoms with Gasteiger partial charge in [-0.3, -0.25) is 4.79 Å². The number of nitrogens with one attached hydrogen (secondary N) is 1. The Bertz CT molecular complexity index is 658. The van der Waals surface area contributed by atoms with Crippen LogP contribution in [0.4, 0.5) is 5.69 Å². The summed E-state index contributed by atoms with van der Waals surface area (Å²) in [6.07, 6.45) is 1.88. The normalized spacial score (nSPS) is 11.8. The highest BCUT2D eigenvalue weighted by molar-refractivity contribution is 6.31. The van der Waals surface area contributed by atoms with Gasteiger partial charge in [0.05, 0.1) is 12.8 Å². The molecule has 0 aliphatic rings. The summed E-state index contributed by atoms with van der Waals surface area (Å²) in [7, 11) is 1.55. The van der Waals surface area contributed by atoms with Crippen LogP contribution in [0.5, 0.6) is 5.75 Å². The summed E-state index contributed by atoms with van der Waals surface area (Å²) in [6, 6.07) is 10.6. The Kier molecular flexibility index (Phi) is 4.81. The van der Waals surface area contributed by atoms with Crippen LogP contribution in [0.2, 0.25) is 5.02 Å². The van der Waals surface area contributed by atoms with Crippen molar-refractivity contribution in [3.05, 3.63) is 53.3 Å². The lowest BCUT2D eigenvalue weighted by atomic mass is 10.2. The van der Waals surface area contributed by atoms with Crippen LogP contribution in [0.15, 0.2) is 42.6 Å². The number of pyridine rings is 1. The van der Waals surface area contributed by atoms with E-state index in [1.54, 1.807) is 25.3 Å². The molecule has 1 heterocycles. The average Bonchev–Trinajstić information content (AvgIpc) is 2.47. The second kappa shape index (κ2) is 6.59. The number of carbonyl (C=O) groups excluding carboxylic acids is 1. The largest absolute Gasteiger partial charge is 0.495 e. The van der Waals surface area contributed by atoms with Crippen LogP contribution < -0.4 is 14.6 Å². The van der Waals surface area contributed by atoms with E-state index in [0.717, 1.165) is 5.69 Å². The molecule has 0 saturated carbocycles. The third-order valence-corrected chi connectivity index (χ3v) is 3.55. The molecule has 1 N–H and O–H groups in total. The minimum Gasteiger partial charge on any atom is -0.495 e. The number of ether oxygens (including phenoxy) is 1. The van der Waals surface area contributed by atoms with Gasteiger partial charge in [-0.2, -0.15) is 4.57 Å². The van der Waals surface area contributed by atoms with Crippen LogP contribution in [0.25, 0.3) is 0 Å². The zero-order chi connectivity index (χ0) is 15.4. The third-order valence-electron chi connectivity index (χ3n) is 3.32. The number of methoxy groups -OCH3 is 1. The number of benzene rings is 1. The van der Waals surface area contributed by atoms with E-state index in [9.17, 15) is 4.79 Å². The Balaban J connectivity index is 2.22. The van der Waals surface area contributed by atoms with Crippen LogP contribution in [0.1, 0.15) is 18.7 Å². The third kappa shape index (κ3) is 3.52. The van der Waals surface area contributed by atoms with E-state index >= 15 is 0 Å². The summed E-state index contributed by atoms with van der Waals surface area (Å²) in [6.45, 7) is 3.81. The topological polar surface area (TPSA) is 42.2 Å². The van der Waals surface area contributed by atoms with Gasteiger partial charge in [0, 0.05) is 31.0 Å². The van der Waals surface area contributed by atoms with Crippen molar-refractivity contribution in [3.63, 3.8) is 0 Å². The summed E-state index contributed by atoms with van der Waals surface area (Å²) in [4.78, 5) is 12.4. The molecule has 0 unspecified atom stereocenters. The van der Waals surface area contributed by atoms with Gasteiger partial charge >= 0.3 is 0 Å². The fraction of sp³-hybridized carbons (Fsp3) is 0.250. The molecule has 1 aromatic carbocycles. The molecule has 0 fully saturated rings. The van der Waals surface area contributed by atoms with Gasteiger partial charge < -0.3 is 10.1 Å². The van der Waals surface area contributed by atoms with Gasteiger partial charge in [-0.25, -0.2) is 0 Å². The lowest BCUT2D eigenvalue weighted by Gasteiger charge is -2.13. The van der Waals surface area contributed by atoms with E-state index < -0.39 is 0 Å². The molecule has 110 valence electrons. The lowest BCUT2D eigenvalue weighted by molar-refractivity contribution is -0.711. The second-order valence-electron chi connectivity index (χ2n) is 4.76. The number of hydrogen-bond donors (Lipinski definition) is 1. The average molecular weight is 306 g/mol. The Morgan fingerprint density at radius 3 is 2.76 bits per heavy atom. The van der Waals surface area contributed by atoms with Crippen LogP contribution in [-0.2, 0) is 4.79 Å².